The highest BCUT2D eigenvalue weighted by Gasteiger charge is 2.17. The molecule has 2 heterocycles. The van der Waals surface area contributed by atoms with Gasteiger partial charge in [-0.1, -0.05) is 6.07 Å². The molecule has 2 aromatic rings. The molecule has 1 saturated heterocycles. The largest absolute Gasteiger partial charge is 0.424 e. The van der Waals surface area contributed by atoms with E-state index in [1.165, 1.54) is 12.8 Å². The fraction of sp³-hybridized carbons (Fsp3) is 0.357. The minimum atomic E-state index is 0.318. The Hall–Kier alpha value is -1.64. The number of benzene rings is 1. The zero-order chi connectivity index (χ0) is 14.7. The molecular weight excluding hydrogens is 381 g/mol. The third-order valence-electron chi connectivity index (χ3n) is 3.22. The fourth-order valence-electron chi connectivity index (χ4n) is 2.20. The van der Waals surface area contributed by atoms with Gasteiger partial charge in [0, 0.05) is 23.7 Å². The molecule has 0 aliphatic carbocycles. The Kier molecular flexibility index (Phi) is 4.37. The smallest absolute Gasteiger partial charge is 0.328 e. The molecule has 6 nitrogen and oxygen atoms in total. The molecule has 1 aliphatic rings. The van der Waals surface area contributed by atoms with Gasteiger partial charge in [-0.15, -0.1) is 0 Å². The van der Waals surface area contributed by atoms with Crippen molar-refractivity contribution in [3.63, 3.8) is 0 Å². The van der Waals surface area contributed by atoms with E-state index in [1.54, 1.807) is 7.05 Å². The van der Waals surface area contributed by atoms with E-state index in [-0.39, 0.29) is 0 Å². The van der Waals surface area contributed by atoms with Crippen LogP contribution >= 0.6 is 22.6 Å². The van der Waals surface area contributed by atoms with Crippen molar-refractivity contribution in [1.29, 1.82) is 0 Å². The van der Waals surface area contributed by atoms with Crippen molar-refractivity contribution < 1.29 is 4.74 Å². The van der Waals surface area contributed by atoms with E-state index in [9.17, 15) is 0 Å². The maximum Gasteiger partial charge on any atom is 0.328 e. The normalized spacial score (nSPS) is 14.3. The van der Waals surface area contributed by atoms with Crippen LogP contribution in [0.2, 0.25) is 0 Å². The summed E-state index contributed by atoms with van der Waals surface area (Å²) < 4.78 is 6.87. The van der Waals surface area contributed by atoms with Gasteiger partial charge in [-0.3, -0.25) is 0 Å². The molecule has 0 atom stereocenters. The van der Waals surface area contributed by atoms with Gasteiger partial charge in [-0.25, -0.2) is 0 Å². The van der Waals surface area contributed by atoms with Crippen LogP contribution in [-0.2, 0) is 0 Å². The molecule has 0 saturated carbocycles. The molecule has 1 N–H and O–H groups in total. The molecule has 0 amide bonds. The van der Waals surface area contributed by atoms with Gasteiger partial charge < -0.3 is 15.0 Å². The van der Waals surface area contributed by atoms with E-state index >= 15 is 0 Å². The lowest BCUT2D eigenvalue weighted by Crippen LogP contribution is -2.21. The van der Waals surface area contributed by atoms with E-state index in [0.29, 0.717) is 17.9 Å². The molecule has 21 heavy (non-hydrogen) atoms. The monoisotopic (exact) mass is 397 g/mol. The number of rotatable bonds is 4. The fourth-order valence-corrected chi connectivity index (χ4v) is 2.71. The van der Waals surface area contributed by atoms with E-state index in [2.05, 4.69) is 47.8 Å². The summed E-state index contributed by atoms with van der Waals surface area (Å²) in [5.41, 5.74) is 0. The summed E-state index contributed by atoms with van der Waals surface area (Å²) >= 11 is 2.25. The Labute approximate surface area is 137 Å². The number of ether oxygens (including phenoxy) is 1. The maximum atomic E-state index is 5.77. The zero-order valence-corrected chi connectivity index (χ0v) is 13.9. The minimum Gasteiger partial charge on any atom is -0.424 e. The van der Waals surface area contributed by atoms with Crippen LogP contribution in [0.15, 0.2) is 24.3 Å². The first kappa shape index (κ1) is 14.3. The van der Waals surface area contributed by atoms with Crippen molar-refractivity contribution in [2.45, 2.75) is 12.8 Å². The van der Waals surface area contributed by atoms with Crippen LogP contribution in [0.4, 0.5) is 11.9 Å². The molecule has 3 rings (SSSR count). The summed E-state index contributed by atoms with van der Waals surface area (Å²) in [7, 11) is 1.79. The highest BCUT2D eigenvalue weighted by molar-refractivity contribution is 14.1. The Morgan fingerprint density at radius 2 is 2.00 bits per heavy atom. The van der Waals surface area contributed by atoms with Gasteiger partial charge in [0.1, 0.15) is 5.75 Å². The second kappa shape index (κ2) is 6.42. The van der Waals surface area contributed by atoms with Crippen molar-refractivity contribution in [1.82, 2.24) is 15.0 Å². The van der Waals surface area contributed by atoms with Crippen LogP contribution in [0, 0.1) is 3.57 Å². The van der Waals surface area contributed by atoms with Crippen LogP contribution in [0.25, 0.3) is 0 Å². The molecule has 1 aromatic carbocycles. The zero-order valence-electron chi connectivity index (χ0n) is 11.7. The molecule has 0 unspecified atom stereocenters. The number of hydrogen-bond donors (Lipinski definition) is 1. The molecule has 0 radical (unpaired) electrons. The molecule has 1 aromatic heterocycles. The SMILES string of the molecule is CNc1nc(Oc2cccc(I)c2)nc(N2CCCC2)n1. The molecule has 7 heteroatoms. The van der Waals surface area contributed by atoms with Gasteiger partial charge in [-0.2, -0.15) is 15.0 Å². The predicted molar refractivity (Wildman–Crippen MR) is 90.1 cm³/mol. The Morgan fingerprint density at radius 3 is 2.71 bits per heavy atom. The molecule has 0 bridgehead atoms. The number of hydrogen-bond acceptors (Lipinski definition) is 6. The van der Waals surface area contributed by atoms with Crippen molar-refractivity contribution in [3.8, 4) is 11.8 Å². The van der Waals surface area contributed by atoms with Crippen molar-refractivity contribution in [2.24, 2.45) is 0 Å². The quantitative estimate of drug-likeness (QED) is 0.801. The lowest BCUT2D eigenvalue weighted by Gasteiger charge is -2.16. The summed E-state index contributed by atoms with van der Waals surface area (Å²) in [6, 6.07) is 8.10. The molecule has 1 fully saturated rings. The summed E-state index contributed by atoms with van der Waals surface area (Å²) in [6.45, 7) is 1.96. The topological polar surface area (TPSA) is 63.2 Å². The van der Waals surface area contributed by atoms with Gasteiger partial charge in [0.15, 0.2) is 0 Å². The highest BCUT2D eigenvalue weighted by atomic mass is 127. The first-order valence-corrected chi connectivity index (χ1v) is 7.95. The van der Waals surface area contributed by atoms with Crippen molar-refractivity contribution in [3.05, 3.63) is 27.8 Å². The summed E-state index contributed by atoms with van der Waals surface area (Å²) in [5, 5.41) is 2.96. The third-order valence-corrected chi connectivity index (χ3v) is 3.89. The molecular formula is C14H16IN5O. The van der Waals surface area contributed by atoms with Gasteiger partial charge >= 0.3 is 6.01 Å². The highest BCUT2D eigenvalue weighted by Crippen LogP contribution is 2.24. The standard InChI is InChI=1S/C14H16IN5O/c1-16-12-17-13(20-7-2-3-8-20)19-14(18-12)21-11-6-4-5-10(15)9-11/h4-6,9H,2-3,7-8H2,1H3,(H,16,17,18,19). The van der Waals surface area contributed by atoms with Crippen LogP contribution < -0.4 is 15.0 Å². The molecule has 0 spiro atoms. The van der Waals surface area contributed by atoms with Crippen molar-refractivity contribution in [2.75, 3.05) is 30.4 Å². The summed E-state index contributed by atoms with van der Waals surface area (Å²) in [5.74, 6) is 1.92. The molecule has 110 valence electrons. The third kappa shape index (κ3) is 3.52. The average molecular weight is 397 g/mol. The van der Waals surface area contributed by atoms with Crippen molar-refractivity contribution >= 4 is 34.5 Å². The number of nitrogens with zero attached hydrogens (tertiary/aromatic N) is 4. The maximum absolute atomic E-state index is 5.77. The van der Waals surface area contributed by atoms with Crippen LogP contribution in [0.3, 0.4) is 0 Å². The van der Waals surface area contributed by atoms with E-state index in [4.69, 9.17) is 4.74 Å². The van der Waals surface area contributed by atoms with Crippen LogP contribution in [0.1, 0.15) is 12.8 Å². The number of aromatic nitrogens is 3. The minimum absolute atomic E-state index is 0.318. The number of halogens is 1. The van der Waals surface area contributed by atoms with Crippen LogP contribution in [0.5, 0.6) is 11.8 Å². The number of nitrogens with one attached hydrogen (secondary N) is 1. The van der Waals surface area contributed by atoms with Gasteiger partial charge in [0.25, 0.3) is 0 Å². The Morgan fingerprint density at radius 1 is 1.19 bits per heavy atom. The van der Waals surface area contributed by atoms with E-state index < -0.39 is 0 Å². The Balaban J connectivity index is 1.88. The van der Waals surface area contributed by atoms with E-state index in [0.717, 1.165) is 22.4 Å². The second-order valence-electron chi connectivity index (χ2n) is 4.75. The first-order chi connectivity index (χ1) is 10.2. The van der Waals surface area contributed by atoms with E-state index in [1.807, 2.05) is 24.3 Å². The summed E-state index contributed by atoms with van der Waals surface area (Å²) in [6.07, 6.45) is 2.35. The lowest BCUT2D eigenvalue weighted by molar-refractivity contribution is 0.440. The number of anilines is 2. The van der Waals surface area contributed by atoms with Crippen LogP contribution in [-0.4, -0.2) is 35.1 Å². The summed E-state index contributed by atoms with van der Waals surface area (Å²) in [4.78, 5) is 15.3. The lowest BCUT2D eigenvalue weighted by atomic mass is 10.3. The Bertz CT molecular complexity index is 631. The average Bonchev–Trinajstić information content (AvgIpc) is 3.01. The first-order valence-electron chi connectivity index (χ1n) is 6.87. The van der Waals surface area contributed by atoms with Gasteiger partial charge in [0.2, 0.25) is 11.9 Å². The van der Waals surface area contributed by atoms with Gasteiger partial charge in [0.05, 0.1) is 0 Å². The second-order valence-corrected chi connectivity index (χ2v) is 5.99. The van der Waals surface area contributed by atoms with Gasteiger partial charge in [-0.05, 0) is 53.6 Å². The predicted octanol–water partition coefficient (Wildman–Crippen LogP) is 2.91. The molecule has 1 aliphatic heterocycles.